The lowest BCUT2D eigenvalue weighted by atomic mass is 9.88. The molecular weight excluding hydrogens is 276 g/mol. The lowest BCUT2D eigenvalue weighted by Gasteiger charge is -2.27. The number of Topliss-reactive ketones (excluding diaryl/α,β-unsaturated/α-hetero) is 1. The normalized spacial score (nSPS) is 21.9. The van der Waals surface area contributed by atoms with Crippen molar-refractivity contribution in [1.29, 1.82) is 0 Å². The molecule has 3 heteroatoms. The van der Waals surface area contributed by atoms with Gasteiger partial charge in [0, 0.05) is 12.3 Å². The molecule has 0 bridgehead atoms. The molecule has 1 aromatic carbocycles. The quantitative estimate of drug-likeness (QED) is 0.610. The highest BCUT2D eigenvalue weighted by molar-refractivity contribution is 6.01. The van der Waals surface area contributed by atoms with Gasteiger partial charge in [0.2, 0.25) is 0 Å². The summed E-state index contributed by atoms with van der Waals surface area (Å²) < 4.78 is 5.72. The average molecular weight is 302 g/mol. The summed E-state index contributed by atoms with van der Waals surface area (Å²) in [5, 5.41) is 0. The average Bonchev–Trinajstić information content (AvgIpc) is 2.86. The van der Waals surface area contributed by atoms with Crippen molar-refractivity contribution in [1.82, 2.24) is 0 Å². The lowest BCUT2D eigenvalue weighted by Crippen LogP contribution is -2.34. The number of carbonyl (C=O) groups excluding carboxylic acids is 2. The van der Waals surface area contributed by atoms with Crippen molar-refractivity contribution >= 4 is 11.8 Å². The second-order valence-corrected chi connectivity index (χ2v) is 6.89. The second kappa shape index (κ2) is 7.08. The third-order valence-corrected chi connectivity index (χ3v) is 4.50. The number of ketones is 1. The van der Waals surface area contributed by atoms with Gasteiger partial charge in [0.05, 0.1) is 0 Å². The van der Waals surface area contributed by atoms with Crippen LogP contribution in [-0.4, -0.2) is 17.9 Å². The van der Waals surface area contributed by atoms with Crippen molar-refractivity contribution < 1.29 is 14.3 Å². The highest BCUT2D eigenvalue weighted by Gasteiger charge is 2.42. The van der Waals surface area contributed by atoms with Gasteiger partial charge in [-0.25, -0.2) is 0 Å². The molecule has 2 atom stereocenters. The summed E-state index contributed by atoms with van der Waals surface area (Å²) in [6, 6.07) is 9.83. The Morgan fingerprint density at radius 1 is 1.09 bits per heavy atom. The van der Waals surface area contributed by atoms with E-state index in [2.05, 4.69) is 0 Å². The van der Waals surface area contributed by atoms with Crippen LogP contribution in [0.2, 0.25) is 0 Å². The smallest absolute Gasteiger partial charge is 0.317 e. The molecule has 0 saturated heterocycles. The van der Waals surface area contributed by atoms with Gasteiger partial charge < -0.3 is 4.74 Å². The largest absolute Gasteiger partial charge is 0.461 e. The number of esters is 1. The number of benzene rings is 1. The molecule has 2 unspecified atom stereocenters. The molecule has 0 aliphatic heterocycles. The minimum absolute atomic E-state index is 0.0186. The third-order valence-electron chi connectivity index (χ3n) is 4.50. The topological polar surface area (TPSA) is 43.4 Å². The van der Waals surface area contributed by atoms with E-state index in [1.807, 2.05) is 58.0 Å². The second-order valence-electron chi connectivity index (χ2n) is 6.89. The zero-order valence-corrected chi connectivity index (χ0v) is 13.9. The molecule has 0 aromatic heterocycles. The SMILES string of the molecule is CC(C)C(OC(=O)C1C(=O)CCC1c1ccccc1)C(C)C. The van der Waals surface area contributed by atoms with Crippen molar-refractivity contribution in [2.75, 3.05) is 0 Å². The monoisotopic (exact) mass is 302 g/mol. The molecule has 22 heavy (non-hydrogen) atoms. The zero-order valence-electron chi connectivity index (χ0n) is 13.9. The molecule has 0 spiro atoms. The van der Waals surface area contributed by atoms with Crippen LogP contribution in [0.25, 0.3) is 0 Å². The molecular formula is C19H26O3. The van der Waals surface area contributed by atoms with Gasteiger partial charge in [-0.2, -0.15) is 0 Å². The summed E-state index contributed by atoms with van der Waals surface area (Å²) in [7, 11) is 0. The van der Waals surface area contributed by atoms with Crippen LogP contribution in [0.3, 0.4) is 0 Å². The van der Waals surface area contributed by atoms with Crippen molar-refractivity contribution in [2.24, 2.45) is 17.8 Å². The molecule has 120 valence electrons. The van der Waals surface area contributed by atoms with E-state index < -0.39 is 5.92 Å². The number of carbonyl (C=O) groups is 2. The fraction of sp³-hybridized carbons (Fsp3) is 0.579. The number of ether oxygens (including phenoxy) is 1. The lowest BCUT2D eigenvalue weighted by molar-refractivity contribution is -0.161. The van der Waals surface area contributed by atoms with E-state index in [-0.39, 0.29) is 35.6 Å². The minimum atomic E-state index is -0.637. The van der Waals surface area contributed by atoms with Gasteiger partial charge in [0.25, 0.3) is 0 Å². The van der Waals surface area contributed by atoms with Gasteiger partial charge in [-0.15, -0.1) is 0 Å². The van der Waals surface area contributed by atoms with Crippen molar-refractivity contribution in [3.05, 3.63) is 35.9 Å². The highest BCUT2D eigenvalue weighted by Crippen LogP contribution is 2.38. The fourth-order valence-corrected chi connectivity index (χ4v) is 3.45. The predicted molar refractivity (Wildman–Crippen MR) is 86.5 cm³/mol. The van der Waals surface area contributed by atoms with Gasteiger partial charge in [0.15, 0.2) is 0 Å². The van der Waals surface area contributed by atoms with E-state index in [1.54, 1.807) is 0 Å². The van der Waals surface area contributed by atoms with Crippen LogP contribution >= 0.6 is 0 Å². The molecule has 2 rings (SSSR count). The number of hydrogen-bond acceptors (Lipinski definition) is 3. The van der Waals surface area contributed by atoms with E-state index >= 15 is 0 Å². The maximum absolute atomic E-state index is 12.6. The van der Waals surface area contributed by atoms with Crippen LogP contribution in [0.4, 0.5) is 0 Å². The molecule has 1 saturated carbocycles. The van der Waals surface area contributed by atoms with Crippen LogP contribution in [0, 0.1) is 17.8 Å². The first-order valence-electron chi connectivity index (χ1n) is 8.20. The van der Waals surface area contributed by atoms with E-state index in [1.165, 1.54) is 0 Å². The molecule has 0 radical (unpaired) electrons. The Morgan fingerprint density at radius 2 is 1.68 bits per heavy atom. The first-order chi connectivity index (χ1) is 10.4. The standard InChI is InChI=1S/C19H26O3/c1-12(2)18(13(3)4)22-19(21)17-15(10-11-16(17)20)14-8-6-5-7-9-14/h5-9,12-13,15,17-18H,10-11H2,1-4H3. The van der Waals surface area contributed by atoms with Gasteiger partial charge >= 0.3 is 5.97 Å². The van der Waals surface area contributed by atoms with E-state index in [0.29, 0.717) is 6.42 Å². The van der Waals surface area contributed by atoms with Crippen molar-refractivity contribution in [3.8, 4) is 0 Å². The van der Waals surface area contributed by atoms with E-state index in [4.69, 9.17) is 4.74 Å². The molecule has 1 aliphatic rings. The van der Waals surface area contributed by atoms with Crippen LogP contribution in [-0.2, 0) is 14.3 Å². The Kier molecular flexibility index (Phi) is 5.38. The van der Waals surface area contributed by atoms with E-state index in [0.717, 1.165) is 12.0 Å². The van der Waals surface area contributed by atoms with Crippen molar-refractivity contribution in [2.45, 2.75) is 52.6 Å². The summed E-state index contributed by atoms with van der Waals surface area (Å²) in [5.74, 6) is -0.510. The Hall–Kier alpha value is -1.64. The summed E-state index contributed by atoms with van der Waals surface area (Å²) in [4.78, 5) is 24.8. The Labute approximate surface area is 133 Å². The number of hydrogen-bond donors (Lipinski definition) is 0. The molecule has 1 fully saturated rings. The number of rotatable bonds is 5. The predicted octanol–water partition coefficient (Wildman–Crippen LogP) is 3.97. The van der Waals surface area contributed by atoms with E-state index in [9.17, 15) is 9.59 Å². The third kappa shape index (κ3) is 3.57. The highest BCUT2D eigenvalue weighted by atomic mass is 16.5. The molecule has 0 amide bonds. The molecule has 3 nitrogen and oxygen atoms in total. The van der Waals surface area contributed by atoms with Crippen LogP contribution in [0.5, 0.6) is 0 Å². The summed E-state index contributed by atoms with van der Waals surface area (Å²) in [6.45, 7) is 8.18. The van der Waals surface area contributed by atoms with Crippen LogP contribution in [0.15, 0.2) is 30.3 Å². The fourth-order valence-electron chi connectivity index (χ4n) is 3.45. The zero-order chi connectivity index (χ0) is 16.3. The molecule has 0 N–H and O–H groups in total. The van der Waals surface area contributed by atoms with Gasteiger partial charge in [-0.1, -0.05) is 58.0 Å². The summed E-state index contributed by atoms with van der Waals surface area (Å²) >= 11 is 0. The first-order valence-corrected chi connectivity index (χ1v) is 8.20. The van der Waals surface area contributed by atoms with Gasteiger partial charge in [-0.3, -0.25) is 9.59 Å². The Morgan fingerprint density at radius 3 is 2.23 bits per heavy atom. The van der Waals surface area contributed by atoms with Crippen molar-refractivity contribution in [3.63, 3.8) is 0 Å². The maximum Gasteiger partial charge on any atom is 0.317 e. The maximum atomic E-state index is 12.6. The molecule has 0 heterocycles. The van der Waals surface area contributed by atoms with Crippen LogP contribution in [0.1, 0.15) is 52.0 Å². The molecule has 1 aliphatic carbocycles. The summed E-state index contributed by atoms with van der Waals surface area (Å²) in [5.41, 5.74) is 1.06. The Balaban J connectivity index is 2.17. The summed E-state index contributed by atoms with van der Waals surface area (Å²) in [6.07, 6.45) is 1.06. The van der Waals surface area contributed by atoms with Gasteiger partial charge in [0.1, 0.15) is 17.8 Å². The molecule has 1 aromatic rings. The van der Waals surface area contributed by atoms with Gasteiger partial charge in [-0.05, 0) is 23.8 Å². The van der Waals surface area contributed by atoms with Crippen LogP contribution < -0.4 is 0 Å². The first kappa shape index (κ1) is 16.7. The Bertz CT molecular complexity index is 511. The minimum Gasteiger partial charge on any atom is -0.461 e.